The van der Waals surface area contributed by atoms with Gasteiger partial charge in [-0.05, 0) is 49.5 Å². The van der Waals surface area contributed by atoms with Gasteiger partial charge in [-0.1, -0.05) is 101 Å². The fourth-order valence-corrected chi connectivity index (χ4v) is 4.44. The Morgan fingerprint density at radius 1 is 0.786 bits per heavy atom. The van der Waals surface area contributed by atoms with E-state index in [0.717, 1.165) is 12.3 Å². The van der Waals surface area contributed by atoms with Crippen molar-refractivity contribution in [2.75, 3.05) is 0 Å². The second-order valence-electron chi connectivity index (χ2n) is 8.96. The molecule has 28 heavy (non-hydrogen) atoms. The lowest BCUT2D eigenvalue weighted by Crippen LogP contribution is -2.09. The Hall–Kier alpha value is -1.31. The number of hydrogen-bond acceptors (Lipinski definition) is 1. The summed E-state index contributed by atoms with van der Waals surface area (Å²) < 4.78 is 0. The first-order valence-corrected chi connectivity index (χ1v) is 12.0. The number of rotatable bonds is 18. The molecule has 1 atom stereocenters. The molecule has 1 unspecified atom stereocenters. The van der Waals surface area contributed by atoms with Crippen LogP contribution in [0.3, 0.4) is 0 Å². The molecular formula is C26H42O2. The van der Waals surface area contributed by atoms with Crippen LogP contribution in [0.1, 0.15) is 108 Å². The number of carbonyl (C=O) groups is 1. The lowest BCUT2D eigenvalue weighted by Gasteiger charge is -2.13. The van der Waals surface area contributed by atoms with E-state index in [-0.39, 0.29) is 0 Å². The first kappa shape index (κ1) is 23.0. The first-order chi connectivity index (χ1) is 13.8. The van der Waals surface area contributed by atoms with Crippen LogP contribution in [0.5, 0.6) is 0 Å². The molecule has 0 bridgehead atoms. The minimum atomic E-state index is -0.604. The van der Waals surface area contributed by atoms with Gasteiger partial charge in [0.2, 0.25) is 0 Å². The normalized spacial score (nSPS) is 14.9. The Kier molecular flexibility index (Phi) is 12.0. The lowest BCUT2D eigenvalue weighted by atomic mass is 9.92. The zero-order valence-electron chi connectivity index (χ0n) is 17.9. The number of unbranched alkanes of at least 4 members (excludes halogenated alkanes) is 11. The summed E-state index contributed by atoms with van der Waals surface area (Å²) in [5, 5.41) is 9.01. The predicted octanol–water partition coefficient (Wildman–Crippen LogP) is 7.80. The maximum Gasteiger partial charge on any atom is 0.303 e. The van der Waals surface area contributed by atoms with Gasteiger partial charge in [0.05, 0.1) is 0 Å². The molecule has 2 rings (SSSR count). The average molecular weight is 387 g/mol. The highest BCUT2D eigenvalue weighted by Gasteiger charge is 2.31. The molecule has 0 aliphatic heterocycles. The van der Waals surface area contributed by atoms with E-state index in [1.54, 1.807) is 0 Å². The molecule has 2 heteroatoms. The molecule has 1 N–H and O–H groups in total. The molecule has 1 aliphatic rings. The van der Waals surface area contributed by atoms with Gasteiger partial charge in [0.1, 0.15) is 0 Å². The minimum absolute atomic E-state index is 0.400. The van der Waals surface area contributed by atoms with E-state index < -0.39 is 5.97 Å². The molecule has 1 aromatic carbocycles. The van der Waals surface area contributed by atoms with Crippen LogP contribution in [0.25, 0.3) is 0 Å². The van der Waals surface area contributed by atoms with Crippen molar-refractivity contribution < 1.29 is 9.90 Å². The van der Waals surface area contributed by atoms with Gasteiger partial charge < -0.3 is 5.11 Å². The Morgan fingerprint density at radius 2 is 1.29 bits per heavy atom. The molecule has 0 saturated heterocycles. The van der Waals surface area contributed by atoms with E-state index in [0.29, 0.717) is 12.3 Å². The molecule has 0 heterocycles. The van der Waals surface area contributed by atoms with Crippen molar-refractivity contribution in [3.05, 3.63) is 35.9 Å². The number of benzene rings is 1. The predicted molar refractivity (Wildman–Crippen MR) is 119 cm³/mol. The standard InChI is InChI=1S/C26H42O2/c27-26(28)22-25(24-20-21-24)19-15-10-8-6-4-2-1-3-5-7-9-12-16-23-17-13-11-14-18-23/h11,13-14,17-18,24-25H,1-10,12,15-16,19-22H2,(H,27,28). The summed E-state index contributed by atoms with van der Waals surface area (Å²) in [4.78, 5) is 10.9. The highest BCUT2D eigenvalue weighted by atomic mass is 16.4. The third-order valence-corrected chi connectivity index (χ3v) is 6.36. The molecule has 1 saturated carbocycles. The molecule has 1 aliphatic carbocycles. The van der Waals surface area contributed by atoms with Crippen LogP contribution >= 0.6 is 0 Å². The van der Waals surface area contributed by atoms with Gasteiger partial charge in [-0.3, -0.25) is 4.79 Å². The molecule has 0 aromatic heterocycles. The second-order valence-corrected chi connectivity index (χ2v) is 8.96. The van der Waals surface area contributed by atoms with Crippen LogP contribution in [0, 0.1) is 11.8 Å². The molecule has 0 radical (unpaired) electrons. The third-order valence-electron chi connectivity index (χ3n) is 6.36. The van der Waals surface area contributed by atoms with Gasteiger partial charge in [-0.15, -0.1) is 0 Å². The van der Waals surface area contributed by atoms with E-state index in [9.17, 15) is 4.79 Å². The van der Waals surface area contributed by atoms with Crippen molar-refractivity contribution in [1.29, 1.82) is 0 Å². The van der Waals surface area contributed by atoms with Crippen LogP contribution in [-0.4, -0.2) is 11.1 Å². The van der Waals surface area contributed by atoms with Crippen LogP contribution in [0.15, 0.2) is 30.3 Å². The van der Waals surface area contributed by atoms with Gasteiger partial charge in [-0.25, -0.2) is 0 Å². The monoisotopic (exact) mass is 386 g/mol. The number of aliphatic carboxylic acids is 1. The summed E-state index contributed by atoms with van der Waals surface area (Å²) in [5.41, 5.74) is 1.48. The molecule has 0 spiro atoms. The van der Waals surface area contributed by atoms with Crippen LogP contribution in [0.2, 0.25) is 0 Å². The van der Waals surface area contributed by atoms with E-state index in [2.05, 4.69) is 30.3 Å². The van der Waals surface area contributed by atoms with Gasteiger partial charge in [-0.2, -0.15) is 0 Å². The van der Waals surface area contributed by atoms with Crippen molar-refractivity contribution in [1.82, 2.24) is 0 Å². The average Bonchev–Trinajstić information content (AvgIpc) is 3.53. The minimum Gasteiger partial charge on any atom is -0.481 e. The number of aryl methyl sites for hydroxylation is 1. The molecular weight excluding hydrogens is 344 g/mol. The Bertz CT molecular complexity index is 506. The van der Waals surface area contributed by atoms with Crippen LogP contribution < -0.4 is 0 Å². The molecule has 2 nitrogen and oxygen atoms in total. The van der Waals surface area contributed by atoms with Gasteiger partial charge >= 0.3 is 5.97 Å². The maximum atomic E-state index is 10.9. The van der Waals surface area contributed by atoms with Crippen molar-refractivity contribution >= 4 is 5.97 Å². The zero-order chi connectivity index (χ0) is 19.9. The highest BCUT2D eigenvalue weighted by Crippen LogP contribution is 2.41. The Balaban J connectivity index is 1.29. The van der Waals surface area contributed by atoms with Gasteiger partial charge in [0.15, 0.2) is 0 Å². The van der Waals surface area contributed by atoms with Gasteiger partial charge in [0, 0.05) is 6.42 Å². The molecule has 158 valence electrons. The largest absolute Gasteiger partial charge is 0.481 e. The zero-order valence-corrected chi connectivity index (χ0v) is 17.9. The number of carboxylic acid groups (broad SMARTS) is 1. The number of carboxylic acids is 1. The Labute approximate surface area is 173 Å². The first-order valence-electron chi connectivity index (χ1n) is 12.0. The summed E-state index contributed by atoms with van der Waals surface area (Å²) in [5.74, 6) is 0.590. The summed E-state index contributed by atoms with van der Waals surface area (Å²) in [6, 6.07) is 10.8. The summed E-state index contributed by atoms with van der Waals surface area (Å²) >= 11 is 0. The number of hydrogen-bond donors (Lipinski definition) is 1. The van der Waals surface area contributed by atoms with Crippen molar-refractivity contribution in [3.8, 4) is 0 Å². The van der Waals surface area contributed by atoms with Crippen molar-refractivity contribution in [3.63, 3.8) is 0 Å². The fourth-order valence-electron chi connectivity index (χ4n) is 4.44. The van der Waals surface area contributed by atoms with E-state index in [1.807, 2.05) is 0 Å². The Morgan fingerprint density at radius 3 is 1.79 bits per heavy atom. The van der Waals surface area contributed by atoms with Crippen molar-refractivity contribution in [2.24, 2.45) is 11.8 Å². The van der Waals surface area contributed by atoms with Crippen LogP contribution in [-0.2, 0) is 11.2 Å². The van der Waals surface area contributed by atoms with Crippen molar-refractivity contribution in [2.45, 2.75) is 109 Å². The highest BCUT2D eigenvalue weighted by molar-refractivity contribution is 5.67. The molecule has 1 fully saturated rings. The smallest absolute Gasteiger partial charge is 0.303 e. The van der Waals surface area contributed by atoms with Gasteiger partial charge in [0.25, 0.3) is 0 Å². The maximum absolute atomic E-state index is 10.9. The van der Waals surface area contributed by atoms with E-state index >= 15 is 0 Å². The topological polar surface area (TPSA) is 37.3 Å². The molecule has 1 aromatic rings. The van der Waals surface area contributed by atoms with E-state index in [1.165, 1.54) is 102 Å². The molecule has 0 amide bonds. The quantitative estimate of drug-likeness (QED) is 0.261. The summed E-state index contributed by atoms with van der Waals surface area (Å²) in [7, 11) is 0. The third kappa shape index (κ3) is 11.5. The van der Waals surface area contributed by atoms with Crippen LogP contribution in [0.4, 0.5) is 0 Å². The lowest BCUT2D eigenvalue weighted by molar-refractivity contribution is -0.138. The summed E-state index contributed by atoms with van der Waals surface area (Å²) in [6.07, 6.45) is 21.6. The SMILES string of the molecule is O=C(O)CC(CCCCCCCCCCCCCCc1ccccc1)C1CC1. The summed E-state index contributed by atoms with van der Waals surface area (Å²) in [6.45, 7) is 0. The fraction of sp³-hybridized carbons (Fsp3) is 0.731. The van der Waals surface area contributed by atoms with E-state index in [4.69, 9.17) is 5.11 Å². The second kappa shape index (κ2) is 14.7.